The van der Waals surface area contributed by atoms with Crippen LogP contribution in [-0.4, -0.2) is 20.7 Å². The van der Waals surface area contributed by atoms with Crippen LogP contribution in [0.4, 0.5) is 5.69 Å². The number of hydrogen-bond donors (Lipinski definition) is 1. The largest absolute Gasteiger partial charge is 0.324 e. The molecule has 0 radical (unpaired) electrons. The molecule has 7 heteroatoms. The zero-order chi connectivity index (χ0) is 18.0. The molecule has 0 aliphatic rings. The normalized spacial score (nSPS) is 12.3. The van der Waals surface area contributed by atoms with E-state index in [2.05, 4.69) is 21.8 Å². The minimum atomic E-state index is -0.336. The minimum absolute atomic E-state index is 0.149. The van der Waals surface area contributed by atoms with Crippen molar-refractivity contribution in [3.05, 3.63) is 52.5 Å². The van der Waals surface area contributed by atoms with Gasteiger partial charge in [-0.1, -0.05) is 53.2 Å². The molecule has 0 bridgehead atoms. The summed E-state index contributed by atoms with van der Waals surface area (Å²) in [6.45, 7) is 4.70. The molecule has 25 heavy (non-hydrogen) atoms. The Bertz CT molecular complexity index is 926. The number of para-hydroxylation sites is 2. The number of anilines is 1. The maximum atomic E-state index is 12.5. The first-order valence-corrected chi connectivity index (χ1v) is 9.51. The van der Waals surface area contributed by atoms with Gasteiger partial charge in [-0.2, -0.15) is 0 Å². The summed E-state index contributed by atoms with van der Waals surface area (Å²) in [5.74, 6) is -0.149. The van der Waals surface area contributed by atoms with Gasteiger partial charge in [-0.3, -0.25) is 4.79 Å². The number of halogens is 2. The van der Waals surface area contributed by atoms with Gasteiger partial charge in [0, 0.05) is 6.54 Å². The van der Waals surface area contributed by atoms with Crippen LogP contribution in [0, 0.1) is 0 Å². The van der Waals surface area contributed by atoms with Crippen LogP contribution in [0.25, 0.3) is 11.0 Å². The lowest BCUT2D eigenvalue weighted by Crippen LogP contribution is -2.23. The molecule has 1 N–H and O–H groups in total. The average Bonchev–Trinajstić information content (AvgIpc) is 2.95. The van der Waals surface area contributed by atoms with E-state index in [4.69, 9.17) is 23.2 Å². The second kappa shape index (κ2) is 7.68. The van der Waals surface area contributed by atoms with Crippen molar-refractivity contribution in [1.82, 2.24) is 9.55 Å². The SMILES string of the molecule is CCn1c(S[C@H](C)C(=O)Nc2cccc(Cl)c2Cl)nc2ccccc21. The van der Waals surface area contributed by atoms with Gasteiger partial charge < -0.3 is 9.88 Å². The molecule has 0 saturated carbocycles. The van der Waals surface area contributed by atoms with Crippen molar-refractivity contribution < 1.29 is 4.79 Å². The fourth-order valence-electron chi connectivity index (χ4n) is 2.50. The van der Waals surface area contributed by atoms with Gasteiger partial charge in [0.1, 0.15) is 0 Å². The first-order chi connectivity index (χ1) is 12.0. The molecule has 3 rings (SSSR count). The molecule has 3 aromatic rings. The van der Waals surface area contributed by atoms with Crippen molar-refractivity contribution >= 4 is 57.6 Å². The molecule has 0 fully saturated rings. The predicted molar refractivity (Wildman–Crippen MR) is 106 cm³/mol. The number of hydrogen-bond acceptors (Lipinski definition) is 3. The summed E-state index contributed by atoms with van der Waals surface area (Å²) < 4.78 is 2.11. The number of carbonyl (C=O) groups excluding carboxylic acids is 1. The molecule has 1 amide bonds. The minimum Gasteiger partial charge on any atom is -0.324 e. The fraction of sp³-hybridized carbons (Fsp3) is 0.222. The summed E-state index contributed by atoms with van der Waals surface area (Å²) in [6.07, 6.45) is 0. The summed E-state index contributed by atoms with van der Waals surface area (Å²) in [5.41, 5.74) is 2.51. The molecule has 0 spiro atoms. The van der Waals surface area contributed by atoms with E-state index >= 15 is 0 Å². The molecule has 0 aliphatic heterocycles. The molecule has 1 atom stereocenters. The number of fused-ring (bicyclic) bond motifs is 1. The van der Waals surface area contributed by atoms with E-state index in [9.17, 15) is 4.79 Å². The van der Waals surface area contributed by atoms with Crippen LogP contribution >= 0.6 is 35.0 Å². The summed E-state index contributed by atoms with van der Waals surface area (Å²) in [6, 6.07) is 13.1. The third kappa shape index (κ3) is 3.78. The van der Waals surface area contributed by atoms with Gasteiger partial charge >= 0.3 is 0 Å². The van der Waals surface area contributed by atoms with Crippen molar-refractivity contribution in [1.29, 1.82) is 0 Å². The van der Waals surface area contributed by atoms with Crippen LogP contribution in [-0.2, 0) is 11.3 Å². The summed E-state index contributed by atoms with van der Waals surface area (Å²) >= 11 is 13.5. The third-order valence-electron chi connectivity index (χ3n) is 3.80. The lowest BCUT2D eigenvalue weighted by Gasteiger charge is -2.13. The quantitative estimate of drug-likeness (QED) is 0.583. The van der Waals surface area contributed by atoms with Crippen LogP contribution < -0.4 is 5.32 Å². The Hall–Kier alpha value is -1.69. The summed E-state index contributed by atoms with van der Waals surface area (Å²) in [4.78, 5) is 17.2. The van der Waals surface area contributed by atoms with Gasteiger partial charge in [0.2, 0.25) is 5.91 Å². The second-order valence-corrected chi connectivity index (χ2v) is 7.57. The van der Waals surface area contributed by atoms with Gasteiger partial charge in [0.05, 0.1) is 32.0 Å². The maximum Gasteiger partial charge on any atom is 0.237 e. The lowest BCUT2D eigenvalue weighted by molar-refractivity contribution is -0.115. The Labute approximate surface area is 160 Å². The fourth-order valence-corrected chi connectivity index (χ4v) is 3.83. The third-order valence-corrected chi connectivity index (χ3v) is 5.71. The zero-order valence-electron chi connectivity index (χ0n) is 13.8. The summed E-state index contributed by atoms with van der Waals surface area (Å²) in [7, 11) is 0. The number of aryl methyl sites for hydroxylation is 1. The highest BCUT2D eigenvalue weighted by Crippen LogP contribution is 2.31. The van der Waals surface area contributed by atoms with Gasteiger partial charge in [0.25, 0.3) is 0 Å². The van der Waals surface area contributed by atoms with E-state index in [0.29, 0.717) is 15.7 Å². The number of thioether (sulfide) groups is 1. The van der Waals surface area contributed by atoms with E-state index in [1.807, 2.05) is 31.2 Å². The molecule has 1 aromatic heterocycles. The molecule has 0 aliphatic carbocycles. The first kappa shape index (κ1) is 18.1. The van der Waals surface area contributed by atoms with E-state index in [0.717, 1.165) is 22.7 Å². The van der Waals surface area contributed by atoms with Crippen molar-refractivity contribution in [2.45, 2.75) is 30.8 Å². The van der Waals surface area contributed by atoms with Crippen molar-refractivity contribution in [3.8, 4) is 0 Å². The molecule has 2 aromatic carbocycles. The number of nitrogens with zero attached hydrogens (tertiary/aromatic N) is 2. The predicted octanol–water partition coefficient (Wildman–Crippen LogP) is 5.48. The highest BCUT2D eigenvalue weighted by molar-refractivity contribution is 8.00. The molecule has 130 valence electrons. The number of nitrogens with one attached hydrogen (secondary N) is 1. The van der Waals surface area contributed by atoms with Gasteiger partial charge in [-0.05, 0) is 38.1 Å². The summed E-state index contributed by atoms with van der Waals surface area (Å²) in [5, 5.41) is 4.07. The van der Waals surface area contributed by atoms with Crippen LogP contribution in [0.2, 0.25) is 10.0 Å². The Kier molecular flexibility index (Phi) is 5.57. The molecule has 0 saturated heterocycles. The lowest BCUT2D eigenvalue weighted by atomic mass is 10.3. The molecule has 4 nitrogen and oxygen atoms in total. The van der Waals surface area contributed by atoms with Crippen LogP contribution in [0.15, 0.2) is 47.6 Å². The maximum absolute atomic E-state index is 12.5. The molecule has 0 unspecified atom stereocenters. The van der Waals surface area contributed by atoms with Crippen LogP contribution in [0.3, 0.4) is 0 Å². The first-order valence-electron chi connectivity index (χ1n) is 7.88. The number of benzene rings is 2. The Morgan fingerprint density at radius 2 is 2.00 bits per heavy atom. The zero-order valence-corrected chi connectivity index (χ0v) is 16.1. The van der Waals surface area contributed by atoms with Crippen LogP contribution in [0.5, 0.6) is 0 Å². The molecular formula is C18H17Cl2N3OS. The van der Waals surface area contributed by atoms with Crippen molar-refractivity contribution in [3.63, 3.8) is 0 Å². The number of amides is 1. The Morgan fingerprint density at radius 3 is 2.76 bits per heavy atom. The topological polar surface area (TPSA) is 46.9 Å². The van der Waals surface area contributed by atoms with E-state index in [1.165, 1.54) is 11.8 Å². The highest BCUT2D eigenvalue weighted by Gasteiger charge is 2.20. The average molecular weight is 394 g/mol. The smallest absolute Gasteiger partial charge is 0.237 e. The highest BCUT2D eigenvalue weighted by atomic mass is 35.5. The van der Waals surface area contributed by atoms with E-state index < -0.39 is 0 Å². The number of aromatic nitrogens is 2. The monoisotopic (exact) mass is 393 g/mol. The molecular weight excluding hydrogens is 377 g/mol. The van der Waals surface area contributed by atoms with Crippen LogP contribution in [0.1, 0.15) is 13.8 Å². The number of imidazole rings is 1. The van der Waals surface area contributed by atoms with Crippen molar-refractivity contribution in [2.24, 2.45) is 0 Å². The van der Waals surface area contributed by atoms with Gasteiger partial charge in [0.15, 0.2) is 5.16 Å². The molecule has 1 heterocycles. The number of rotatable bonds is 5. The van der Waals surface area contributed by atoms with Gasteiger partial charge in [-0.15, -0.1) is 0 Å². The standard InChI is InChI=1S/C18H17Cl2N3OS/c1-3-23-15-10-5-4-8-13(15)22-18(23)25-11(2)17(24)21-14-9-6-7-12(19)16(14)20/h4-11H,3H2,1-2H3,(H,21,24)/t11-/m1/s1. The Balaban J connectivity index is 1.79. The number of carbonyl (C=O) groups is 1. The Morgan fingerprint density at radius 1 is 1.24 bits per heavy atom. The van der Waals surface area contributed by atoms with E-state index in [1.54, 1.807) is 18.2 Å². The van der Waals surface area contributed by atoms with Crippen molar-refractivity contribution in [2.75, 3.05) is 5.32 Å². The second-order valence-electron chi connectivity index (χ2n) is 5.48. The van der Waals surface area contributed by atoms with Gasteiger partial charge in [-0.25, -0.2) is 4.98 Å². The van der Waals surface area contributed by atoms with E-state index in [-0.39, 0.29) is 11.2 Å².